The molecule has 0 aromatic heterocycles. The quantitative estimate of drug-likeness (QED) is 0.234. The lowest BCUT2D eigenvalue weighted by Gasteiger charge is -2.38. The van der Waals surface area contributed by atoms with Crippen molar-refractivity contribution in [1.82, 2.24) is 0 Å². The number of rotatable bonds is 5. The predicted octanol–water partition coefficient (Wildman–Crippen LogP) is 0.442. The third kappa shape index (κ3) is 4.17. The summed E-state index contributed by atoms with van der Waals surface area (Å²) in [6.45, 7) is 7.60. The molecule has 0 amide bonds. The number of alkyl halides is 1. The fourth-order valence-corrected chi connectivity index (χ4v) is 2.94. The minimum absolute atomic E-state index is 0. The van der Waals surface area contributed by atoms with Gasteiger partial charge >= 0.3 is 0 Å². The van der Waals surface area contributed by atoms with Crippen LogP contribution in [-0.2, 0) is 6.54 Å². The smallest absolute Gasteiger partial charge is 0.200 e. The molecular weight excluding hydrogens is 345 g/mol. The number of halogens is 2. The van der Waals surface area contributed by atoms with Gasteiger partial charge in [0.2, 0.25) is 4.05 Å². The van der Waals surface area contributed by atoms with Gasteiger partial charge in [-0.1, -0.05) is 30.3 Å². The second-order valence-corrected chi connectivity index (χ2v) is 5.18. The van der Waals surface area contributed by atoms with Crippen molar-refractivity contribution in [2.75, 3.05) is 13.1 Å². The number of benzene rings is 1. The molecule has 1 unspecified atom stereocenters. The van der Waals surface area contributed by atoms with Gasteiger partial charge in [0.15, 0.2) is 0 Å². The summed E-state index contributed by atoms with van der Waals surface area (Å²) in [5.41, 5.74) is 1.36. The summed E-state index contributed by atoms with van der Waals surface area (Å²) >= 11 is 2.38. The van der Waals surface area contributed by atoms with Gasteiger partial charge in [-0.2, -0.15) is 0 Å². The van der Waals surface area contributed by atoms with Crippen LogP contribution in [0.15, 0.2) is 30.3 Å². The van der Waals surface area contributed by atoms with Crippen LogP contribution in [0, 0.1) is 12.3 Å². The zero-order valence-corrected chi connectivity index (χ0v) is 13.3. The van der Waals surface area contributed by atoms with Crippen LogP contribution in [0.4, 0.5) is 0 Å². The molecule has 0 saturated heterocycles. The topological polar surface area (TPSA) is 0 Å². The SMILES string of the molecule is C#CC(I)[N+](CC)(CC)Cc1ccccc1.[Cl-]. The molecule has 0 aliphatic carbocycles. The third-order valence-corrected chi connectivity index (χ3v) is 4.76. The Labute approximate surface area is 125 Å². The normalized spacial score (nSPS) is 12.4. The van der Waals surface area contributed by atoms with Crippen LogP contribution in [0.2, 0.25) is 0 Å². The summed E-state index contributed by atoms with van der Waals surface area (Å²) in [5.74, 6) is 2.89. The van der Waals surface area contributed by atoms with Crippen molar-refractivity contribution in [3.8, 4) is 12.3 Å². The highest BCUT2D eigenvalue weighted by Crippen LogP contribution is 2.23. The molecule has 0 aliphatic heterocycles. The average molecular weight is 364 g/mol. The first-order valence-corrected chi connectivity index (χ1v) is 6.93. The van der Waals surface area contributed by atoms with Gasteiger partial charge in [-0.15, -0.1) is 6.42 Å². The van der Waals surface area contributed by atoms with E-state index in [0.717, 1.165) is 24.1 Å². The minimum atomic E-state index is 0. The largest absolute Gasteiger partial charge is 1.00 e. The summed E-state index contributed by atoms with van der Waals surface area (Å²) in [6, 6.07) is 10.6. The van der Waals surface area contributed by atoms with E-state index in [0.29, 0.717) is 0 Å². The lowest BCUT2D eigenvalue weighted by atomic mass is 10.2. The third-order valence-electron chi connectivity index (χ3n) is 3.22. The van der Waals surface area contributed by atoms with E-state index in [1.165, 1.54) is 5.56 Å². The summed E-state index contributed by atoms with van der Waals surface area (Å²) in [7, 11) is 0. The number of nitrogens with zero attached hydrogens (tertiary/aromatic N) is 1. The molecule has 1 aromatic rings. The minimum Gasteiger partial charge on any atom is -1.00 e. The Bertz CT molecular complexity index is 354. The number of hydrogen-bond acceptors (Lipinski definition) is 0. The standard InChI is InChI=1S/C14H19IN.ClH/c1-4-14(15)16(5-2,6-3)12-13-10-8-7-9-11-13;/h1,7-11,14H,5-6,12H2,2-3H3;1H/q+1;/p-1. The molecule has 0 saturated carbocycles. The first-order chi connectivity index (χ1) is 7.68. The molecule has 0 aliphatic rings. The first kappa shape index (κ1) is 16.8. The summed E-state index contributed by atoms with van der Waals surface area (Å²) < 4.78 is 1.20. The predicted molar refractivity (Wildman–Crippen MR) is 78.1 cm³/mol. The molecule has 0 N–H and O–H groups in total. The van der Waals surface area contributed by atoms with Crippen molar-refractivity contribution in [2.45, 2.75) is 24.4 Å². The molecule has 3 heteroatoms. The van der Waals surface area contributed by atoms with E-state index >= 15 is 0 Å². The molecule has 1 rings (SSSR count). The maximum absolute atomic E-state index is 5.59. The van der Waals surface area contributed by atoms with Crippen molar-refractivity contribution in [1.29, 1.82) is 0 Å². The molecule has 17 heavy (non-hydrogen) atoms. The van der Waals surface area contributed by atoms with Crippen molar-refractivity contribution >= 4 is 22.6 Å². The fraction of sp³-hybridized carbons (Fsp3) is 0.429. The van der Waals surface area contributed by atoms with Crippen LogP contribution < -0.4 is 12.4 Å². The lowest BCUT2D eigenvalue weighted by Crippen LogP contribution is -3.00. The Morgan fingerprint density at radius 3 is 2.18 bits per heavy atom. The van der Waals surface area contributed by atoms with Crippen molar-refractivity contribution in [2.24, 2.45) is 0 Å². The molecule has 0 radical (unpaired) electrons. The number of hydrogen-bond donors (Lipinski definition) is 0. The zero-order valence-electron chi connectivity index (χ0n) is 10.4. The maximum atomic E-state index is 5.59. The van der Waals surface area contributed by atoms with Gasteiger partial charge in [0.1, 0.15) is 6.54 Å². The van der Waals surface area contributed by atoms with Crippen molar-refractivity contribution < 1.29 is 16.9 Å². The Balaban J connectivity index is 0.00000256. The zero-order chi connectivity index (χ0) is 12.0. The van der Waals surface area contributed by atoms with Gasteiger partial charge in [-0.05, 0) is 19.8 Å². The van der Waals surface area contributed by atoms with Crippen LogP contribution in [-0.4, -0.2) is 21.6 Å². The van der Waals surface area contributed by atoms with Crippen LogP contribution in [0.3, 0.4) is 0 Å². The molecule has 94 valence electrons. The van der Waals surface area contributed by atoms with Gasteiger partial charge in [0.05, 0.1) is 13.1 Å². The Hall–Kier alpha value is -0.240. The second-order valence-electron chi connectivity index (χ2n) is 4.00. The molecular formula is C14H19ClIN. The molecule has 0 heterocycles. The van der Waals surface area contributed by atoms with E-state index in [9.17, 15) is 0 Å². The van der Waals surface area contributed by atoms with Gasteiger partial charge in [0, 0.05) is 28.2 Å². The molecule has 0 bridgehead atoms. The Morgan fingerprint density at radius 1 is 1.24 bits per heavy atom. The Morgan fingerprint density at radius 2 is 1.76 bits per heavy atom. The second kappa shape index (κ2) is 7.97. The highest BCUT2D eigenvalue weighted by molar-refractivity contribution is 14.1. The van der Waals surface area contributed by atoms with Crippen LogP contribution in [0.25, 0.3) is 0 Å². The number of quaternary nitrogens is 1. The van der Waals surface area contributed by atoms with Gasteiger partial charge in [0.25, 0.3) is 0 Å². The fourth-order valence-electron chi connectivity index (χ4n) is 1.95. The molecule has 1 atom stereocenters. The monoisotopic (exact) mass is 363 g/mol. The first-order valence-electron chi connectivity index (χ1n) is 5.68. The van der Waals surface area contributed by atoms with Gasteiger partial charge < -0.3 is 12.4 Å². The van der Waals surface area contributed by atoms with E-state index in [4.69, 9.17) is 6.42 Å². The molecule has 1 aromatic carbocycles. The Kier molecular flexibility index (Phi) is 7.85. The van der Waals surface area contributed by atoms with Crippen LogP contribution in [0.1, 0.15) is 19.4 Å². The van der Waals surface area contributed by atoms with Crippen LogP contribution in [0.5, 0.6) is 0 Å². The molecule has 0 spiro atoms. The number of terminal acetylenes is 1. The highest BCUT2D eigenvalue weighted by atomic mass is 127. The van der Waals surface area contributed by atoms with E-state index in [-0.39, 0.29) is 16.5 Å². The highest BCUT2D eigenvalue weighted by Gasteiger charge is 2.30. The van der Waals surface area contributed by atoms with Crippen LogP contribution >= 0.6 is 22.6 Å². The van der Waals surface area contributed by atoms with Crippen molar-refractivity contribution in [3.63, 3.8) is 0 Å². The summed E-state index contributed by atoms with van der Waals surface area (Å²) in [6.07, 6.45) is 5.59. The lowest BCUT2D eigenvalue weighted by molar-refractivity contribution is -0.936. The average Bonchev–Trinajstić information content (AvgIpc) is 2.36. The van der Waals surface area contributed by atoms with Gasteiger partial charge in [-0.3, -0.25) is 4.48 Å². The van der Waals surface area contributed by atoms with E-state index in [1.54, 1.807) is 0 Å². The van der Waals surface area contributed by atoms with E-state index in [2.05, 4.69) is 72.7 Å². The van der Waals surface area contributed by atoms with Crippen molar-refractivity contribution in [3.05, 3.63) is 35.9 Å². The molecule has 1 nitrogen and oxygen atoms in total. The summed E-state index contributed by atoms with van der Waals surface area (Å²) in [5, 5.41) is 0. The van der Waals surface area contributed by atoms with E-state index in [1.807, 2.05) is 0 Å². The summed E-state index contributed by atoms with van der Waals surface area (Å²) in [4.78, 5) is 0. The van der Waals surface area contributed by atoms with E-state index < -0.39 is 0 Å². The maximum Gasteiger partial charge on any atom is 0.200 e. The van der Waals surface area contributed by atoms with Gasteiger partial charge in [-0.25, -0.2) is 0 Å². The molecule has 0 fully saturated rings.